The molecular formula is C16H13N3OS. The number of pyridine rings is 1. The quantitative estimate of drug-likeness (QED) is 0.800. The number of aryl methyl sites for hydroxylation is 1. The third-order valence-corrected chi connectivity index (χ3v) is 3.74. The van der Waals surface area contributed by atoms with Crippen LogP contribution < -0.4 is 5.32 Å². The van der Waals surface area contributed by atoms with E-state index in [2.05, 4.69) is 15.3 Å². The summed E-state index contributed by atoms with van der Waals surface area (Å²) in [6.07, 6.45) is 3.44. The van der Waals surface area contributed by atoms with Crippen molar-refractivity contribution in [3.05, 3.63) is 65.3 Å². The van der Waals surface area contributed by atoms with E-state index in [0.717, 1.165) is 16.8 Å². The smallest absolute Gasteiger partial charge is 0.257 e. The molecule has 3 aromatic rings. The molecule has 2 heterocycles. The number of benzene rings is 1. The summed E-state index contributed by atoms with van der Waals surface area (Å²) in [6, 6.07) is 11.3. The molecular weight excluding hydrogens is 282 g/mol. The van der Waals surface area contributed by atoms with Gasteiger partial charge in [-0.3, -0.25) is 15.1 Å². The maximum Gasteiger partial charge on any atom is 0.257 e. The van der Waals surface area contributed by atoms with Crippen LogP contribution >= 0.6 is 11.3 Å². The third-order valence-electron chi connectivity index (χ3n) is 2.98. The van der Waals surface area contributed by atoms with Gasteiger partial charge in [-0.1, -0.05) is 17.7 Å². The highest BCUT2D eigenvalue weighted by atomic mass is 32.1. The summed E-state index contributed by atoms with van der Waals surface area (Å²) in [7, 11) is 0. The Morgan fingerprint density at radius 3 is 2.76 bits per heavy atom. The van der Waals surface area contributed by atoms with Crippen LogP contribution in [0.15, 0.2) is 54.2 Å². The zero-order valence-corrected chi connectivity index (χ0v) is 12.2. The number of amides is 1. The molecule has 0 atom stereocenters. The summed E-state index contributed by atoms with van der Waals surface area (Å²) >= 11 is 1.41. The van der Waals surface area contributed by atoms with Crippen LogP contribution in [0.1, 0.15) is 15.9 Å². The van der Waals surface area contributed by atoms with E-state index >= 15 is 0 Å². The second-order valence-electron chi connectivity index (χ2n) is 4.60. The Balaban J connectivity index is 1.77. The fraction of sp³-hybridized carbons (Fsp3) is 0.0625. The number of carbonyl (C=O) groups is 1. The first-order chi connectivity index (χ1) is 10.2. The number of nitrogens with one attached hydrogen (secondary N) is 1. The highest BCUT2D eigenvalue weighted by Gasteiger charge is 2.09. The summed E-state index contributed by atoms with van der Waals surface area (Å²) in [6.45, 7) is 1.96. The lowest BCUT2D eigenvalue weighted by Gasteiger charge is -2.02. The standard InChI is InChI=1S/C16H13N3OS/c1-11-3-2-4-13(9-11)15(20)19-16-18-14(10-21-16)12-5-7-17-8-6-12/h2-10H,1H3,(H,18,19,20). The van der Waals surface area contributed by atoms with Gasteiger partial charge in [0.05, 0.1) is 5.69 Å². The van der Waals surface area contributed by atoms with Gasteiger partial charge in [0.2, 0.25) is 0 Å². The number of aromatic nitrogens is 2. The molecule has 0 fully saturated rings. The lowest BCUT2D eigenvalue weighted by atomic mass is 10.1. The predicted octanol–water partition coefficient (Wildman–Crippen LogP) is 3.77. The molecule has 0 unspecified atom stereocenters. The molecule has 5 heteroatoms. The van der Waals surface area contributed by atoms with E-state index < -0.39 is 0 Å². The minimum atomic E-state index is -0.144. The molecule has 3 rings (SSSR count). The normalized spacial score (nSPS) is 10.3. The Hall–Kier alpha value is -2.53. The minimum absolute atomic E-state index is 0.144. The molecule has 0 radical (unpaired) electrons. The summed E-state index contributed by atoms with van der Waals surface area (Å²) < 4.78 is 0. The van der Waals surface area contributed by atoms with E-state index in [0.29, 0.717) is 10.7 Å². The van der Waals surface area contributed by atoms with Crippen LogP contribution in [-0.4, -0.2) is 15.9 Å². The Morgan fingerprint density at radius 2 is 2.00 bits per heavy atom. The van der Waals surface area contributed by atoms with Crippen LogP contribution in [0.25, 0.3) is 11.3 Å². The number of thiazole rings is 1. The molecule has 0 saturated heterocycles. The van der Waals surface area contributed by atoms with Crippen molar-refractivity contribution in [1.29, 1.82) is 0 Å². The average molecular weight is 295 g/mol. The first kappa shape index (κ1) is 13.5. The molecule has 104 valence electrons. The van der Waals surface area contributed by atoms with E-state index in [4.69, 9.17) is 0 Å². The molecule has 2 aromatic heterocycles. The lowest BCUT2D eigenvalue weighted by Crippen LogP contribution is -2.11. The minimum Gasteiger partial charge on any atom is -0.298 e. The van der Waals surface area contributed by atoms with Crippen LogP contribution in [0, 0.1) is 6.92 Å². The van der Waals surface area contributed by atoms with Crippen molar-refractivity contribution in [2.24, 2.45) is 0 Å². The second-order valence-corrected chi connectivity index (χ2v) is 5.46. The fourth-order valence-corrected chi connectivity index (χ4v) is 2.66. The van der Waals surface area contributed by atoms with E-state index in [-0.39, 0.29) is 5.91 Å². The van der Waals surface area contributed by atoms with Gasteiger partial charge in [-0.2, -0.15) is 0 Å². The molecule has 0 saturated carbocycles. The van der Waals surface area contributed by atoms with Crippen molar-refractivity contribution in [2.45, 2.75) is 6.92 Å². The molecule has 1 N–H and O–H groups in total. The van der Waals surface area contributed by atoms with Crippen molar-refractivity contribution in [2.75, 3.05) is 5.32 Å². The number of carbonyl (C=O) groups excluding carboxylic acids is 1. The number of anilines is 1. The van der Waals surface area contributed by atoms with Gasteiger partial charge >= 0.3 is 0 Å². The summed E-state index contributed by atoms with van der Waals surface area (Å²) in [5, 5.41) is 5.34. The molecule has 0 aliphatic rings. The van der Waals surface area contributed by atoms with Crippen molar-refractivity contribution in [3.63, 3.8) is 0 Å². The number of rotatable bonds is 3. The largest absolute Gasteiger partial charge is 0.298 e. The molecule has 0 bridgehead atoms. The molecule has 0 aliphatic heterocycles. The maximum atomic E-state index is 12.2. The van der Waals surface area contributed by atoms with Crippen LogP contribution in [0.3, 0.4) is 0 Å². The number of hydrogen-bond donors (Lipinski definition) is 1. The zero-order chi connectivity index (χ0) is 14.7. The van der Waals surface area contributed by atoms with Gasteiger partial charge in [0, 0.05) is 28.9 Å². The van der Waals surface area contributed by atoms with Crippen LogP contribution in [-0.2, 0) is 0 Å². The Morgan fingerprint density at radius 1 is 1.19 bits per heavy atom. The monoisotopic (exact) mass is 295 g/mol. The van der Waals surface area contributed by atoms with Gasteiger partial charge in [-0.05, 0) is 31.2 Å². The van der Waals surface area contributed by atoms with E-state index in [1.54, 1.807) is 18.5 Å². The lowest BCUT2D eigenvalue weighted by molar-refractivity contribution is 0.102. The van der Waals surface area contributed by atoms with Crippen molar-refractivity contribution in [1.82, 2.24) is 9.97 Å². The number of hydrogen-bond acceptors (Lipinski definition) is 4. The SMILES string of the molecule is Cc1cccc(C(=O)Nc2nc(-c3ccncc3)cs2)c1. The van der Waals surface area contributed by atoms with Crippen molar-refractivity contribution < 1.29 is 4.79 Å². The molecule has 4 nitrogen and oxygen atoms in total. The Labute approximate surface area is 126 Å². The average Bonchev–Trinajstić information content (AvgIpc) is 2.97. The van der Waals surface area contributed by atoms with Crippen molar-refractivity contribution >= 4 is 22.4 Å². The van der Waals surface area contributed by atoms with Crippen LogP contribution in [0.2, 0.25) is 0 Å². The van der Waals surface area contributed by atoms with E-state index in [1.165, 1.54) is 11.3 Å². The predicted molar refractivity (Wildman–Crippen MR) is 84.5 cm³/mol. The summed E-state index contributed by atoms with van der Waals surface area (Å²) in [4.78, 5) is 20.6. The Kier molecular flexibility index (Phi) is 3.75. The molecule has 1 aromatic carbocycles. The molecule has 0 spiro atoms. The highest BCUT2D eigenvalue weighted by Crippen LogP contribution is 2.24. The number of nitrogens with zero attached hydrogens (tertiary/aromatic N) is 2. The summed E-state index contributed by atoms with van der Waals surface area (Å²) in [5.41, 5.74) is 3.51. The van der Waals surface area contributed by atoms with Crippen LogP contribution in [0.5, 0.6) is 0 Å². The Bertz CT molecular complexity index is 768. The van der Waals surface area contributed by atoms with E-state index in [9.17, 15) is 4.79 Å². The molecule has 0 aliphatic carbocycles. The second kappa shape index (κ2) is 5.85. The topological polar surface area (TPSA) is 54.9 Å². The fourth-order valence-electron chi connectivity index (χ4n) is 1.94. The van der Waals surface area contributed by atoms with Gasteiger partial charge in [0.15, 0.2) is 5.13 Å². The van der Waals surface area contributed by atoms with Gasteiger partial charge in [-0.25, -0.2) is 4.98 Å². The van der Waals surface area contributed by atoms with E-state index in [1.807, 2.05) is 42.6 Å². The first-order valence-corrected chi connectivity index (χ1v) is 7.34. The zero-order valence-electron chi connectivity index (χ0n) is 11.4. The maximum absolute atomic E-state index is 12.2. The van der Waals surface area contributed by atoms with Gasteiger partial charge in [0.25, 0.3) is 5.91 Å². The first-order valence-electron chi connectivity index (χ1n) is 6.46. The van der Waals surface area contributed by atoms with Crippen molar-refractivity contribution in [3.8, 4) is 11.3 Å². The summed E-state index contributed by atoms with van der Waals surface area (Å²) in [5.74, 6) is -0.144. The molecule has 1 amide bonds. The van der Waals surface area contributed by atoms with Gasteiger partial charge in [0.1, 0.15) is 0 Å². The third kappa shape index (κ3) is 3.14. The van der Waals surface area contributed by atoms with Crippen LogP contribution in [0.4, 0.5) is 5.13 Å². The molecule has 21 heavy (non-hydrogen) atoms. The van der Waals surface area contributed by atoms with Gasteiger partial charge in [-0.15, -0.1) is 11.3 Å². The highest BCUT2D eigenvalue weighted by molar-refractivity contribution is 7.14. The van der Waals surface area contributed by atoms with Gasteiger partial charge < -0.3 is 0 Å².